The molecule has 1 saturated carbocycles. The molecule has 1 aromatic carbocycles. The van der Waals surface area contributed by atoms with Crippen molar-refractivity contribution in [2.45, 2.75) is 25.4 Å². The quantitative estimate of drug-likeness (QED) is 0.758. The second-order valence-electron chi connectivity index (χ2n) is 4.62. The van der Waals surface area contributed by atoms with Gasteiger partial charge in [0.1, 0.15) is 0 Å². The summed E-state index contributed by atoms with van der Waals surface area (Å²) in [5.74, 6) is 0.348. The van der Waals surface area contributed by atoms with E-state index in [0.717, 1.165) is 10.0 Å². The van der Waals surface area contributed by atoms with Crippen molar-refractivity contribution in [1.82, 2.24) is 0 Å². The van der Waals surface area contributed by atoms with Crippen molar-refractivity contribution in [3.8, 4) is 0 Å². The molecule has 1 unspecified atom stereocenters. The molecule has 2 rings (SSSR count). The maximum absolute atomic E-state index is 11.7. The van der Waals surface area contributed by atoms with E-state index in [2.05, 4.69) is 15.9 Å². The van der Waals surface area contributed by atoms with Crippen molar-refractivity contribution in [1.29, 1.82) is 0 Å². The van der Waals surface area contributed by atoms with Crippen LogP contribution in [0.15, 0.2) is 28.7 Å². The number of carbonyl (C=O) groups excluding carboxylic acids is 1. The van der Waals surface area contributed by atoms with E-state index < -0.39 is 6.10 Å². The molecule has 0 spiro atoms. The minimum atomic E-state index is -0.489. The molecule has 3 nitrogen and oxygen atoms in total. The van der Waals surface area contributed by atoms with Gasteiger partial charge in [-0.15, -0.1) is 0 Å². The summed E-state index contributed by atoms with van der Waals surface area (Å²) in [6.45, 7) is 0.663. The lowest BCUT2D eigenvalue weighted by atomic mass is 10.1. The third kappa shape index (κ3) is 4.10. The van der Waals surface area contributed by atoms with Crippen LogP contribution in [-0.4, -0.2) is 25.8 Å². The summed E-state index contributed by atoms with van der Waals surface area (Å²) in [5.41, 5.74) is 1.07. The third-order valence-electron chi connectivity index (χ3n) is 3.03. The molecule has 1 fully saturated rings. The summed E-state index contributed by atoms with van der Waals surface area (Å²) in [5, 5.41) is 0. The van der Waals surface area contributed by atoms with Crippen LogP contribution < -0.4 is 0 Å². The Kier molecular flexibility index (Phi) is 4.78. The zero-order chi connectivity index (χ0) is 13.0. The summed E-state index contributed by atoms with van der Waals surface area (Å²) >= 11 is 3.39. The Hall–Kier alpha value is -0.870. The lowest BCUT2D eigenvalue weighted by Gasteiger charge is -2.15. The molecule has 0 aliphatic heterocycles. The lowest BCUT2D eigenvalue weighted by molar-refractivity contribution is -0.154. The molecule has 0 amide bonds. The Balaban J connectivity index is 1.94. The van der Waals surface area contributed by atoms with Crippen LogP contribution in [0.4, 0.5) is 0 Å². The molecule has 0 aromatic heterocycles. The van der Waals surface area contributed by atoms with Crippen molar-refractivity contribution in [2.24, 2.45) is 5.92 Å². The lowest BCUT2D eigenvalue weighted by Crippen LogP contribution is -2.28. The highest BCUT2D eigenvalue weighted by Gasteiger charge is 2.26. The maximum atomic E-state index is 11.7. The van der Waals surface area contributed by atoms with Crippen LogP contribution in [-0.2, 0) is 20.7 Å². The highest BCUT2D eigenvalue weighted by Crippen LogP contribution is 2.29. The minimum absolute atomic E-state index is 0.293. The Morgan fingerprint density at radius 2 is 2.06 bits per heavy atom. The summed E-state index contributed by atoms with van der Waals surface area (Å²) in [7, 11) is 1.40. The second kappa shape index (κ2) is 6.34. The van der Waals surface area contributed by atoms with Gasteiger partial charge in [-0.2, -0.15) is 0 Å². The molecule has 0 N–H and O–H groups in total. The molecule has 98 valence electrons. The van der Waals surface area contributed by atoms with Crippen LogP contribution >= 0.6 is 15.9 Å². The van der Waals surface area contributed by atoms with Gasteiger partial charge >= 0.3 is 5.97 Å². The van der Waals surface area contributed by atoms with Gasteiger partial charge in [0.15, 0.2) is 6.10 Å². The highest BCUT2D eigenvalue weighted by atomic mass is 79.9. The van der Waals surface area contributed by atoms with E-state index in [1.54, 1.807) is 0 Å². The molecule has 0 heterocycles. The van der Waals surface area contributed by atoms with E-state index in [4.69, 9.17) is 9.47 Å². The maximum Gasteiger partial charge on any atom is 0.335 e. The van der Waals surface area contributed by atoms with Gasteiger partial charge in [-0.3, -0.25) is 0 Å². The predicted octanol–water partition coefficient (Wildman–Crippen LogP) is 2.96. The zero-order valence-corrected chi connectivity index (χ0v) is 12.0. The van der Waals surface area contributed by atoms with E-state index in [1.807, 2.05) is 24.3 Å². The van der Waals surface area contributed by atoms with Crippen LogP contribution in [0.3, 0.4) is 0 Å². The van der Waals surface area contributed by atoms with Gasteiger partial charge < -0.3 is 9.47 Å². The molecule has 1 atom stereocenters. The molecule has 1 aliphatic rings. The van der Waals surface area contributed by atoms with E-state index in [0.29, 0.717) is 18.9 Å². The van der Waals surface area contributed by atoms with E-state index in [1.165, 1.54) is 20.0 Å². The highest BCUT2D eigenvalue weighted by molar-refractivity contribution is 9.10. The van der Waals surface area contributed by atoms with Crippen molar-refractivity contribution in [3.05, 3.63) is 34.3 Å². The number of methoxy groups -OCH3 is 1. The van der Waals surface area contributed by atoms with Gasteiger partial charge in [0.2, 0.25) is 0 Å². The van der Waals surface area contributed by atoms with Crippen LogP contribution in [0.25, 0.3) is 0 Å². The fourth-order valence-electron chi connectivity index (χ4n) is 1.71. The summed E-state index contributed by atoms with van der Waals surface area (Å²) < 4.78 is 11.5. The zero-order valence-electron chi connectivity index (χ0n) is 10.4. The van der Waals surface area contributed by atoms with Crippen molar-refractivity contribution >= 4 is 21.9 Å². The number of benzene rings is 1. The Labute approximate surface area is 116 Å². The number of esters is 1. The van der Waals surface area contributed by atoms with Crippen LogP contribution in [0, 0.1) is 5.92 Å². The molecular formula is C14H17BrO3. The standard InChI is InChI=1S/C14H17BrO3/c1-17-14(16)13(18-9-11-2-3-11)8-10-4-6-12(15)7-5-10/h4-7,11,13H,2-3,8-9H2,1H3. The van der Waals surface area contributed by atoms with Crippen LogP contribution in [0.1, 0.15) is 18.4 Å². The first-order valence-corrected chi connectivity index (χ1v) is 6.92. The van der Waals surface area contributed by atoms with Gasteiger partial charge in [0, 0.05) is 10.9 Å². The first-order chi connectivity index (χ1) is 8.69. The molecular weight excluding hydrogens is 296 g/mol. The number of rotatable bonds is 6. The van der Waals surface area contributed by atoms with Crippen LogP contribution in [0.5, 0.6) is 0 Å². The third-order valence-corrected chi connectivity index (χ3v) is 3.56. The number of hydrogen-bond acceptors (Lipinski definition) is 3. The Morgan fingerprint density at radius 1 is 1.39 bits per heavy atom. The van der Waals surface area contributed by atoms with Crippen molar-refractivity contribution in [2.75, 3.05) is 13.7 Å². The molecule has 0 bridgehead atoms. The SMILES string of the molecule is COC(=O)C(Cc1ccc(Br)cc1)OCC1CC1. The fourth-order valence-corrected chi connectivity index (χ4v) is 1.98. The largest absolute Gasteiger partial charge is 0.467 e. The summed E-state index contributed by atoms with van der Waals surface area (Å²) in [4.78, 5) is 11.7. The number of ether oxygens (including phenoxy) is 2. The van der Waals surface area contributed by atoms with Gasteiger partial charge in [-0.05, 0) is 36.5 Å². The van der Waals surface area contributed by atoms with E-state index in [9.17, 15) is 4.79 Å². The number of halogens is 1. The van der Waals surface area contributed by atoms with Gasteiger partial charge in [-0.25, -0.2) is 4.79 Å². The fraction of sp³-hybridized carbons (Fsp3) is 0.500. The topological polar surface area (TPSA) is 35.5 Å². The second-order valence-corrected chi connectivity index (χ2v) is 5.53. The Bertz CT molecular complexity index is 398. The summed E-state index contributed by atoms with van der Waals surface area (Å²) in [6, 6.07) is 7.90. The van der Waals surface area contributed by atoms with Gasteiger partial charge in [0.25, 0.3) is 0 Å². The minimum Gasteiger partial charge on any atom is -0.467 e. The van der Waals surface area contributed by atoms with E-state index in [-0.39, 0.29) is 5.97 Å². The van der Waals surface area contributed by atoms with Crippen molar-refractivity contribution < 1.29 is 14.3 Å². The van der Waals surface area contributed by atoms with Crippen molar-refractivity contribution in [3.63, 3.8) is 0 Å². The molecule has 1 aliphatic carbocycles. The summed E-state index contributed by atoms with van der Waals surface area (Å²) in [6.07, 6.45) is 2.50. The van der Waals surface area contributed by atoms with Gasteiger partial charge in [0.05, 0.1) is 13.7 Å². The molecule has 18 heavy (non-hydrogen) atoms. The number of carbonyl (C=O) groups is 1. The average molecular weight is 313 g/mol. The molecule has 1 aromatic rings. The first kappa shape index (κ1) is 13.6. The molecule has 0 radical (unpaired) electrons. The average Bonchev–Trinajstić information content (AvgIpc) is 3.20. The smallest absolute Gasteiger partial charge is 0.335 e. The van der Waals surface area contributed by atoms with Gasteiger partial charge in [-0.1, -0.05) is 28.1 Å². The molecule has 4 heteroatoms. The monoisotopic (exact) mass is 312 g/mol. The number of hydrogen-bond donors (Lipinski definition) is 0. The normalized spacial score (nSPS) is 16.3. The van der Waals surface area contributed by atoms with Crippen LogP contribution in [0.2, 0.25) is 0 Å². The molecule has 0 saturated heterocycles. The first-order valence-electron chi connectivity index (χ1n) is 6.13. The Morgan fingerprint density at radius 3 is 2.61 bits per heavy atom. The van der Waals surface area contributed by atoms with E-state index >= 15 is 0 Å². The predicted molar refractivity (Wildman–Crippen MR) is 72.3 cm³/mol.